The van der Waals surface area contributed by atoms with Crippen LogP contribution in [0, 0.1) is 10.5 Å². The number of alkyl halides is 4. The van der Waals surface area contributed by atoms with E-state index in [9.17, 15) is 13.2 Å². The van der Waals surface area contributed by atoms with Crippen molar-refractivity contribution in [2.45, 2.75) is 18.6 Å². The number of ether oxygens (including phenoxy) is 1. The van der Waals surface area contributed by atoms with Crippen molar-refractivity contribution in [2.24, 2.45) is 0 Å². The number of rotatable bonds is 2. The maximum Gasteiger partial charge on any atom is 0.573 e. The zero-order chi connectivity index (χ0) is 11.6. The second-order valence-corrected chi connectivity index (χ2v) is 4.33. The Morgan fingerprint density at radius 1 is 1.53 bits per heavy atom. The molecule has 0 spiro atoms. The van der Waals surface area contributed by atoms with E-state index in [2.05, 4.69) is 25.7 Å². The van der Waals surface area contributed by atoms with Crippen LogP contribution in [0.4, 0.5) is 13.2 Å². The van der Waals surface area contributed by atoms with Gasteiger partial charge in [-0.15, -0.1) is 13.2 Å². The van der Waals surface area contributed by atoms with E-state index in [4.69, 9.17) is 0 Å². The molecule has 0 aliphatic carbocycles. The molecule has 0 unspecified atom stereocenters. The third-order valence-corrected chi connectivity index (χ3v) is 3.39. The van der Waals surface area contributed by atoms with Crippen LogP contribution in [-0.2, 0) is 5.33 Å². The summed E-state index contributed by atoms with van der Waals surface area (Å²) in [5.41, 5.74) is 1.03. The van der Waals surface area contributed by atoms with Crippen LogP contribution in [0.3, 0.4) is 0 Å². The second kappa shape index (κ2) is 4.86. The molecule has 2 nitrogen and oxygen atoms in total. The van der Waals surface area contributed by atoms with E-state index in [1.165, 1.54) is 6.07 Å². The second-order valence-electron chi connectivity index (χ2n) is 2.69. The van der Waals surface area contributed by atoms with Crippen molar-refractivity contribution in [1.29, 1.82) is 0 Å². The Kier molecular flexibility index (Phi) is 4.21. The molecule has 7 heteroatoms. The van der Waals surface area contributed by atoms with Gasteiger partial charge in [0.25, 0.3) is 0 Å². The molecular weight excluding hydrogens is 390 g/mol. The minimum absolute atomic E-state index is 0.204. The minimum atomic E-state index is -4.67. The molecule has 1 rings (SSSR count). The van der Waals surface area contributed by atoms with Gasteiger partial charge in [0.2, 0.25) is 0 Å². The normalized spacial score (nSPS) is 11.6. The summed E-state index contributed by atoms with van der Waals surface area (Å²) in [6, 6.07) is 1.27. The highest BCUT2D eigenvalue weighted by Crippen LogP contribution is 2.30. The molecule has 0 amide bonds. The summed E-state index contributed by atoms with van der Waals surface area (Å²) in [7, 11) is 0. The van der Waals surface area contributed by atoms with Crippen molar-refractivity contribution < 1.29 is 17.9 Å². The molecular formula is C8H6BrF3INO. The lowest BCUT2D eigenvalue weighted by Gasteiger charge is -2.12. The number of aryl methyl sites for hydroxylation is 1. The van der Waals surface area contributed by atoms with E-state index in [0.717, 1.165) is 0 Å². The monoisotopic (exact) mass is 395 g/mol. The summed E-state index contributed by atoms with van der Waals surface area (Å²) in [5, 5.41) is 0.388. The van der Waals surface area contributed by atoms with Gasteiger partial charge in [-0.2, -0.15) is 0 Å². The Morgan fingerprint density at radius 3 is 2.60 bits per heavy atom. The minimum Gasteiger partial charge on any atom is -0.405 e. The van der Waals surface area contributed by atoms with Crippen LogP contribution in [0.15, 0.2) is 6.07 Å². The predicted molar refractivity (Wildman–Crippen MR) is 61.0 cm³/mol. The van der Waals surface area contributed by atoms with Crippen molar-refractivity contribution >= 4 is 38.5 Å². The van der Waals surface area contributed by atoms with Gasteiger partial charge in [0.1, 0.15) is 5.75 Å². The zero-order valence-corrected chi connectivity index (χ0v) is 11.3. The van der Waals surface area contributed by atoms with Crippen LogP contribution in [-0.4, -0.2) is 11.3 Å². The molecule has 84 valence electrons. The van der Waals surface area contributed by atoms with E-state index < -0.39 is 6.36 Å². The first-order valence-corrected chi connectivity index (χ1v) is 6.01. The molecule has 0 N–H and O–H groups in total. The highest BCUT2D eigenvalue weighted by Gasteiger charge is 2.32. The van der Waals surface area contributed by atoms with Crippen molar-refractivity contribution in [3.8, 4) is 5.75 Å². The average molecular weight is 396 g/mol. The molecule has 0 atom stereocenters. The molecule has 1 aromatic heterocycles. The maximum absolute atomic E-state index is 12.0. The van der Waals surface area contributed by atoms with E-state index in [-0.39, 0.29) is 5.75 Å². The van der Waals surface area contributed by atoms with Crippen LogP contribution >= 0.6 is 38.5 Å². The molecule has 0 aliphatic rings. The number of halogens is 5. The zero-order valence-electron chi connectivity index (χ0n) is 7.53. The van der Waals surface area contributed by atoms with Gasteiger partial charge in [-0.05, 0) is 29.5 Å². The summed E-state index contributed by atoms with van der Waals surface area (Å²) in [6.45, 7) is 1.64. The standard InChI is InChI=1S/C8H6BrF3INO/c1-4-7(13)6(15-8(10,11)12)2-5(3-9)14-4/h2H,3H2,1H3. The molecule has 0 saturated heterocycles. The Hall–Kier alpha value is -0.0500. The Balaban J connectivity index is 3.11. The van der Waals surface area contributed by atoms with Crippen LogP contribution < -0.4 is 4.74 Å². The molecule has 0 aliphatic heterocycles. The van der Waals surface area contributed by atoms with E-state index in [0.29, 0.717) is 20.3 Å². The molecule has 0 aromatic carbocycles. The smallest absolute Gasteiger partial charge is 0.405 e. The molecule has 1 heterocycles. The van der Waals surface area contributed by atoms with Gasteiger partial charge in [0, 0.05) is 11.4 Å². The topological polar surface area (TPSA) is 22.1 Å². The number of hydrogen-bond acceptors (Lipinski definition) is 2. The first kappa shape index (κ1) is 13.0. The molecule has 1 aromatic rings. The fraction of sp³-hybridized carbons (Fsp3) is 0.375. The van der Waals surface area contributed by atoms with Crippen LogP contribution in [0.2, 0.25) is 0 Å². The number of nitrogens with zero attached hydrogens (tertiary/aromatic N) is 1. The van der Waals surface area contributed by atoms with Gasteiger partial charge >= 0.3 is 6.36 Å². The molecule has 0 radical (unpaired) electrons. The first-order valence-electron chi connectivity index (χ1n) is 3.81. The van der Waals surface area contributed by atoms with Gasteiger partial charge in [-0.25, -0.2) is 0 Å². The van der Waals surface area contributed by atoms with Crippen LogP contribution in [0.25, 0.3) is 0 Å². The van der Waals surface area contributed by atoms with Crippen molar-refractivity contribution in [2.75, 3.05) is 0 Å². The lowest BCUT2D eigenvalue weighted by atomic mass is 10.3. The Labute approximate surface area is 106 Å². The predicted octanol–water partition coefficient (Wildman–Crippen LogP) is 3.79. The van der Waals surface area contributed by atoms with Crippen molar-refractivity contribution in [1.82, 2.24) is 4.98 Å². The van der Waals surface area contributed by atoms with Gasteiger partial charge in [-0.1, -0.05) is 15.9 Å². The number of aromatic nitrogens is 1. The largest absolute Gasteiger partial charge is 0.573 e. The fourth-order valence-corrected chi connectivity index (χ4v) is 1.63. The summed E-state index contributed by atoms with van der Waals surface area (Å²) in [5.74, 6) is -0.204. The van der Waals surface area contributed by atoms with Crippen molar-refractivity contribution in [3.63, 3.8) is 0 Å². The van der Waals surface area contributed by atoms with Gasteiger partial charge in [-0.3, -0.25) is 4.98 Å². The van der Waals surface area contributed by atoms with Crippen molar-refractivity contribution in [3.05, 3.63) is 21.0 Å². The third kappa shape index (κ3) is 3.78. The van der Waals surface area contributed by atoms with Gasteiger partial charge in [0.05, 0.1) is 15.0 Å². The van der Waals surface area contributed by atoms with Crippen LogP contribution in [0.5, 0.6) is 5.75 Å². The van der Waals surface area contributed by atoms with Gasteiger partial charge in [0.15, 0.2) is 0 Å². The maximum atomic E-state index is 12.0. The van der Waals surface area contributed by atoms with Crippen LogP contribution in [0.1, 0.15) is 11.4 Å². The molecule has 0 bridgehead atoms. The third-order valence-electron chi connectivity index (χ3n) is 1.51. The lowest BCUT2D eigenvalue weighted by molar-refractivity contribution is -0.275. The van der Waals surface area contributed by atoms with E-state index in [1.54, 1.807) is 29.5 Å². The average Bonchev–Trinajstić information content (AvgIpc) is 2.10. The summed E-state index contributed by atoms with van der Waals surface area (Å²) >= 11 is 4.90. The number of pyridine rings is 1. The van der Waals surface area contributed by atoms with E-state index >= 15 is 0 Å². The molecule has 15 heavy (non-hydrogen) atoms. The molecule has 0 saturated carbocycles. The lowest BCUT2D eigenvalue weighted by Crippen LogP contribution is -2.18. The van der Waals surface area contributed by atoms with E-state index in [1.807, 2.05) is 0 Å². The van der Waals surface area contributed by atoms with Gasteiger partial charge < -0.3 is 4.74 Å². The quantitative estimate of drug-likeness (QED) is 0.561. The summed E-state index contributed by atoms with van der Waals surface area (Å²) in [4.78, 5) is 4.08. The summed E-state index contributed by atoms with van der Waals surface area (Å²) in [6.07, 6.45) is -4.67. The Morgan fingerprint density at radius 2 is 2.13 bits per heavy atom. The fourth-order valence-electron chi connectivity index (χ4n) is 0.957. The first-order chi connectivity index (χ1) is 6.83. The SMILES string of the molecule is Cc1nc(CBr)cc(OC(F)(F)F)c1I. The number of hydrogen-bond donors (Lipinski definition) is 0. The summed E-state index contributed by atoms with van der Waals surface area (Å²) < 4.78 is 40.4. The highest BCUT2D eigenvalue weighted by molar-refractivity contribution is 14.1. The Bertz CT molecular complexity index is 370. The molecule has 0 fully saturated rings. The highest BCUT2D eigenvalue weighted by atomic mass is 127.